The van der Waals surface area contributed by atoms with Gasteiger partial charge in [-0.15, -0.1) is 0 Å². The molecule has 4 rings (SSSR count). The van der Waals surface area contributed by atoms with Crippen LogP contribution in [0, 0.1) is 5.82 Å². The number of piperazine rings is 1. The van der Waals surface area contributed by atoms with E-state index in [9.17, 15) is 14.0 Å². The Labute approximate surface area is 155 Å². The maximum atomic E-state index is 13.0. The maximum absolute atomic E-state index is 13.0. The number of carbonyl (C=O) groups excluding carboxylic acids is 2. The second kappa shape index (κ2) is 7.11. The highest BCUT2D eigenvalue weighted by atomic mass is 19.1. The zero-order valence-electron chi connectivity index (χ0n) is 14.5. The Balaban J connectivity index is 1.42. The van der Waals surface area contributed by atoms with Crippen LogP contribution >= 0.6 is 0 Å². The molecule has 2 amide bonds. The average molecular weight is 364 g/mol. The van der Waals surface area contributed by atoms with Gasteiger partial charge in [-0.3, -0.25) is 9.59 Å². The molecule has 1 saturated heterocycles. The zero-order valence-corrected chi connectivity index (χ0v) is 14.5. The van der Waals surface area contributed by atoms with Crippen molar-refractivity contribution in [3.8, 4) is 0 Å². The minimum absolute atomic E-state index is 0.159. The fourth-order valence-electron chi connectivity index (χ4n) is 3.10. The number of fused-ring (bicyclic) bond motifs is 1. The standard InChI is InChI=1S/C20H17FN4O2/c21-16-7-5-14(6-8-16)19(26)24-9-11-25(12-10-24)20(27)18-22-13-15-3-1-2-4-17(15)23-18/h1-8,13H,9-12H2. The second-order valence-electron chi connectivity index (χ2n) is 6.34. The average Bonchev–Trinajstić information content (AvgIpc) is 2.73. The third-order valence-electron chi connectivity index (χ3n) is 4.63. The predicted molar refractivity (Wildman–Crippen MR) is 97.7 cm³/mol. The normalized spacial score (nSPS) is 14.4. The summed E-state index contributed by atoms with van der Waals surface area (Å²) in [5, 5.41) is 0.878. The number of hydrogen-bond acceptors (Lipinski definition) is 4. The van der Waals surface area contributed by atoms with Gasteiger partial charge in [-0.1, -0.05) is 18.2 Å². The molecule has 2 aromatic carbocycles. The van der Waals surface area contributed by atoms with E-state index in [1.165, 1.54) is 24.3 Å². The lowest BCUT2D eigenvalue weighted by atomic mass is 10.1. The monoisotopic (exact) mass is 364 g/mol. The summed E-state index contributed by atoms with van der Waals surface area (Å²) in [6.45, 7) is 1.63. The van der Waals surface area contributed by atoms with E-state index in [0.717, 1.165) is 10.9 Å². The van der Waals surface area contributed by atoms with Gasteiger partial charge in [0.15, 0.2) is 0 Å². The maximum Gasteiger partial charge on any atom is 0.291 e. The Bertz CT molecular complexity index is 998. The number of para-hydroxylation sites is 1. The molecule has 2 heterocycles. The molecule has 0 aliphatic carbocycles. The molecule has 7 heteroatoms. The summed E-state index contributed by atoms with van der Waals surface area (Å²) in [4.78, 5) is 37.0. The highest BCUT2D eigenvalue weighted by Crippen LogP contribution is 2.13. The molecule has 0 bridgehead atoms. The van der Waals surface area contributed by atoms with E-state index in [1.54, 1.807) is 16.0 Å². The molecule has 0 radical (unpaired) electrons. The minimum atomic E-state index is -0.377. The van der Waals surface area contributed by atoms with Crippen molar-refractivity contribution in [3.05, 3.63) is 71.9 Å². The summed E-state index contributed by atoms with van der Waals surface area (Å²) in [5.41, 5.74) is 1.16. The molecule has 0 atom stereocenters. The molecule has 0 N–H and O–H groups in total. The summed E-state index contributed by atoms with van der Waals surface area (Å²) in [7, 11) is 0. The molecule has 0 spiro atoms. The van der Waals surface area contributed by atoms with Crippen LogP contribution in [0.5, 0.6) is 0 Å². The van der Waals surface area contributed by atoms with Gasteiger partial charge in [0.1, 0.15) is 5.82 Å². The summed E-state index contributed by atoms with van der Waals surface area (Å²) < 4.78 is 13.0. The van der Waals surface area contributed by atoms with Gasteiger partial charge in [0, 0.05) is 43.3 Å². The van der Waals surface area contributed by atoms with Gasteiger partial charge in [-0.25, -0.2) is 14.4 Å². The van der Waals surface area contributed by atoms with Crippen LogP contribution in [0.4, 0.5) is 4.39 Å². The van der Waals surface area contributed by atoms with Crippen molar-refractivity contribution in [1.82, 2.24) is 19.8 Å². The molecular weight excluding hydrogens is 347 g/mol. The number of benzene rings is 2. The molecule has 1 aliphatic rings. The molecule has 0 saturated carbocycles. The van der Waals surface area contributed by atoms with E-state index in [-0.39, 0.29) is 23.5 Å². The number of aromatic nitrogens is 2. The third-order valence-corrected chi connectivity index (χ3v) is 4.63. The molecule has 6 nitrogen and oxygen atoms in total. The fraction of sp³-hybridized carbons (Fsp3) is 0.200. The van der Waals surface area contributed by atoms with Crippen molar-refractivity contribution in [1.29, 1.82) is 0 Å². The smallest absolute Gasteiger partial charge is 0.291 e. The Hall–Kier alpha value is -3.35. The Morgan fingerprint density at radius 1 is 0.852 bits per heavy atom. The number of halogens is 1. The molecule has 1 fully saturated rings. The first kappa shape index (κ1) is 17.1. The molecule has 136 valence electrons. The van der Waals surface area contributed by atoms with Crippen LogP contribution in [0.2, 0.25) is 0 Å². The van der Waals surface area contributed by atoms with Gasteiger partial charge in [-0.2, -0.15) is 0 Å². The number of nitrogens with zero attached hydrogens (tertiary/aromatic N) is 4. The SMILES string of the molecule is O=C(c1ccc(F)cc1)N1CCN(C(=O)c2ncc3ccccc3n2)CC1. The van der Waals surface area contributed by atoms with Gasteiger partial charge >= 0.3 is 0 Å². The van der Waals surface area contributed by atoms with Crippen LogP contribution < -0.4 is 0 Å². The first-order valence-electron chi connectivity index (χ1n) is 8.68. The number of hydrogen-bond donors (Lipinski definition) is 0. The summed E-state index contributed by atoms with van der Waals surface area (Å²) in [6, 6.07) is 13.0. The second-order valence-corrected chi connectivity index (χ2v) is 6.34. The number of rotatable bonds is 2. The van der Waals surface area contributed by atoms with Gasteiger partial charge in [0.25, 0.3) is 11.8 Å². The molecule has 1 aliphatic heterocycles. The highest BCUT2D eigenvalue weighted by Gasteiger charge is 2.26. The van der Waals surface area contributed by atoms with E-state index < -0.39 is 0 Å². The topological polar surface area (TPSA) is 66.4 Å². The Morgan fingerprint density at radius 3 is 2.19 bits per heavy atom. The Kier molecular flexibility index (Phi) is 4.50. The van der Waals surface area contributed by atoms with E-state index in [2.05, 4.69) is 9.97 Å². The third kappa shape index (κ3) is 3.48. The molecule has 0 unspecified atom stereocenters. The van der Waals surface area contributed by atoms with Crippen LogP contribution in [0.15, 0.2) is 54.7 Å². The van der Waals surface area contributed by atoms with Gasteiger partial charge in [0.2, 0.25) is 5.82 Å². The van der Waals surface area contributed by atoms with E-state index >= 15 is 0 Å². The first-order valence-corrected chi connectivity index (χ1v) is 8.68. The number of amides is 2. The van der Waals surface area contributed by atoms with Crippen molar-refractivity contribution in [3.63, 3.8) is 0 Å². The predicted octanol–water partition coefficient (Wildman–Crippen LogP) is 2.37. The van der Waals surface area contributed by atoms with Crippen molar-refractivity contribution in [2.45, 2.75) is 0 Å². The summed E-state index contributed by atoms with van der Waals surface area (Å²) in [5.74, 6) is -0.622. The lowest BCUT2D eigenvalue weighted by Crippen LogP contribution is -2.50. The van der Waals surface area contributed by atoms with Crippen molar-refractivity contribution < 1.29 is 14.0 Å². The van der Waals surface area contributed by atoms with Crippen LogP contribution in [-0.4, -0.2) is 57.8 Å². The summed E-state index contributed by atoms with van der Waals surface area (Å²) in [6.07, 6.45) is 1.64. The van der Waals surface area contributed by atoms with E-state index in [4.69, 9.17) is 0 Å². The van der Waals surface area contributed by atoms with Crippen LogP contribution in [0.3, 0.4) is 0 Å². The van der Waals surface area contributed by atoms with Crippen LogP contribution in [0.1, 0.15) is 21.0 Å². The van der Waals surface area contributed by atoms with Gasteiger partial charge in [-0.05, 0) is 30.3 Å². The van der Waals surface area contributed by atoms with Crippen molar-refractivity contribution in [2.24, 2.45) is 0 Å². The van der Waals surface area contributed by atoms with Crippen molar-refractivity contribution >= 4 is 22.7 Å². The highest BCUT2D eigenvalue weighted by molar-refractivity contribution is 5.95. The number of carbonyl (C=O) groups is 2. The molecule has 3 aromatic rings. The van der Waals surface area contributed by atoms with E-state index in [0.29, 0.717) is 31.7 Å². The van der Waals surface area contributed by atoms with Crippen LogP contribution in [-0.2, 0) is 0 Å². The molecule has 1 aromatic heterocycles. The first-order chi connectivity index (χ1) is 13.1. The summed E-state index contributed by atoms with van der Waals surface area (Å²) >= 11 is 0. The van der Waals surface area contributed by atoms with Crippen LogP contribution in [0.25, 0.3) is 10.9 Å². The Morgan fingerprint density at radius 2 is 1.48 bits per heavy atom. The van der Waals surface area contributed by atoms with Gasteiger partial charge < -0.3 is 9.80 Å². The fourth-order valence-corrected chi connectivity index (χ4v) is 3.10. The largest absolute Gasteiger partial charge is 0.335 e. The lowest BCUT2D eigenvalue weighted by Gasteiger charge is -2.34. The lowest BCUT2D eigenvalue weighted by molar-refractivity contribution is 0.0529. The van der Waals surface area contributed by atoms with E-state index in [1.807, 2.05) is 24.3 Å². The molecular formula is C20H17FN4O2. The quantitative estimate of drug-likeness (QED) is 0.700. The zero-order chi connectivity index (χ0) is 18.8. The minimum Gasteiger partial charge on any atom is -0.335 e. The van der Waals surface area contributed by atoms with Crippen molar-refractivity contribution in [2.75, 3.05) is 26.2 Å². The molecule has 27 heavy (non-hydrogen) atoms. The van der Waals surface area contributed by atoms with Gasteiger partial charge in [0.05, 0.1) is 5.52 Å².